The van der Waals surface area contributed by atoms with Crippen LogP contribution in [0.1, 0.15) is 18.6 Å². The molecule has 0 bridgehead atoms. The number of anilines is 1. The number of furan rings is 1. The van der Waals surface area contributed by atoms with E-state index in [2.05, 4.69) is 10.6 Å². The lowest BCUT2D eigenvalue weighted by atomic mass is 10.0. The molecule has 0 unspecified atom stereocenters. The van der Waals surface area contributed by atoms with E-state index in [0.29, 0.717) is 35.8 Å². The summed E-state index contributed by atoms with van der Waals surface area (Å²) in [6, 6.07) is 8.59. The Kier molecular flexibility index (Phi) is 4.65. The number of amides is 2. The average molecular weight is 344 g/mol. The molecule has 0 radical (unpaired) electrons. The first kappa shape index (κ1) is 16.9. The van der Waals surface area contributed by atoms with Gasteiger partial charge in [0.05, 0.1) is 32.7 Å². The fraction of sp³-hybridized carbons (Fsp3) is 0.333. The van der Waals surface area contributed by atoms with Gasteiger partial charge in [0.25, 0.3) is 0 Å². The third-order valence-electron chi connectivity index (χ3n) is 4.28. The van der Waals surface area contributed by atoms with Crippen LogP contribution in [0.4, 0.5) is 5.69 Å². The second-order valence-corrected chi connectivity index (χ2v) is 5.86. The van der Waals surface area contributed by atoms with Gasteiger partial charge in [-0.05, 0) is 37.1 Å². The highest BCUT2D eigenvalue weighted by Crippen LogP contribution is 2.47. The summed E-state index contributed by atoms with van der Waals surface area (Å²) in [6.45, 7) is 0.257. The SMILES string of the molecule is COc1ccc(NC(=O)C2(C(=O)NCc3ccco3)CC2)c(OC)c1. The van der Waals surface area contributed by atoms with Gasteiger partial charge in [0.1, 0.15) is 22.7 Å². The molecule has 1 fully saturated rings. The van der Waals surface area contributed by atoms with E-state index >= 15 is 0 Å². The van der Waals surface area contributed by atoms with Gasteiger partial charge in [-0.1, -0.05) is 0 Å². The first-order valence-corrected chi connectivity index (χ1v) is 7.93. The number of methoxy groups -OCH3 is 2. The quantitative estimate of drug-likeness (QED) is 0.753. The van der Waals surface area contributed by atoms with E-state index in [1.807, 2.05) is 0 Å². The van der Waals surface area contributed by atoms with Gasteiger partial charge in [-0.15, -0.1) is 0 Å². The molecule has 2 amide bonds. The number of ether oxygens (including phenoxy) is 2. The standard InChI is InChI=1S/C18H20N2O5/c1-23-12-5-6-14(15(10-12)24-2)20-17(22)18(7-8-18)16(21)19-11-13-4-3-9-25-13/h3-6,9-10H,7-8,11H2,1-2H3,(H,19,21)(H,20,22). The number of benzene rings is 1. The highest BCUT2D eigenvalue weighted by molar-refractivity contribution is 6.13. The third-order valence-corrected chi connectivity index (χ3v) is 4.28. The molecule has 1 aromatic heterocycles. The molecule has 1 saturated carbocycles. The molecule has 2 N–H and O–H groups in total. The van der Waals surface area contributed by atoms with Gasteiger partial charge in [-0.25, -0.2) is 0 Å². The number of carbonyl (C=O) groups is 2. The first-order valence-electron chi connectivity index (χ1n) is 7.93. The number of carbonyl (C=O) groups excluding carboxylic acids is 2. The Bertz CT molecular complexity index is 766. The van der Waals surface area contributed by atoms with Crippen LogP contribution in [0.2, 0.25) is 0 Å². The summed E-state index contributed by atoms with van der Waals surface area (Å²) in [7, 11) is 3.06. The van der Waals surface area contributed by atoms with Crippen LogP contribution in [0, 0.1) is 5.41 Å². The molecule has 0 saturated heterocycles. The number of nitrogens with one attached hydrogen (secondary N) is 2. The lowest BCUT2D eigenvalue weighted by Gasteiger charge is -2.17. The predicted octanol–water partition coefficient (Wildman–Crippen LogP) is 2.33. The molecule has 0 aliphatic heterocycles. The molecule has 7 nitrogen and oxygen atoms in total. The maximum absolute atomic E-state index is 12.6. The van der Waals surface area contributed by atoms with Crippen molar-refractivity contribution in [3.8, 4) is 11.5 Å². The molecule has 1 heterocycles. The van der Waals surface area contributed by atoms with Crippen LogP contribution in [0.25, 0.3) is 0 Å². The van der Waals surface area contributed by atoms with Crippen molar-refractivity contribution in [2.45, 2.75) is 19.4 Å². The van der Waals surface area contributed by atoms with Crippen molar-refractivity contribution in [1.29, 1.82) is 0 Å². The minimum Gasteiger partial charge on any atom is -0.497 e. The van der Waals surface area contributed by atoms with E-state index in [1.165, 1.54) is 13.4 Å². The summed E-state index contributed by atoms with van der Waals surface area (Å²) >= 11 is 0. The van der Waals surface area contributed by atoms with Crippen molar-refractivity contribution in [1.82, 2.24) is 5.32 Å². The molecular weight excluding hydrogens is 324 g/mol. The minimum atomic E-state index is -1.03. The van der Waals surface area contributed by atoms with Crippen molar-refractivity contribution in [2.75, 3.05) is 19.5 Å². The Morgan fingerprint density at radius 2 is 1.96 bits per heavy atom. The summed E-state index contributed by atoms with van der Waals surface area (Å²) in [5.41, 5.74) is -0.532. The summed E-state index contributed by atoms with van der Waals surface area (Å²) < 4.78 is 15.6. The minimum absolute atomic E-state index is 0.257. The lowest BCUT2D eigenvalue weighted by Crippen LogP contribution is -2.39. The van der Waals surface area contributed by atoms with Gasteiger partial charge in [0.2, 0.25) is 11.8 Å². The number of rotatable bonds is 7. The lowest BCUT2D eigenvalue weighted by molar-refractivity contribution is -0.134. The fourth-order valence-corrected chi connectivity index (χ4v) is 2.58. The topological polar surface area (TPSA) is 89.8 Å². The highest BCUT2D eigenvalue weighted by atomic mass is 16.5. The predicted molar refractivity (Wildman–Crippen MR) is 90.4 cm³/mol. The molecule has 0 atom stereocenters. The Hall–Kier alpha value is -2.96. The van der Waals surface area contributed by atoms with Crippen LogP contribution in [0.5, 0.6) is 11.5 Å². The largest absolute Gasteiger partial charge is 0.497 e. The van der Waals surface area contributed by atoms with Crippen molar-refractivity contribution < 1.29 is 23.5 Å². The smallest absolute Gasteiger partial charge is 0.240 e. The molecule has 25 heavy (non-hydrogen) atoms. The zero-order chi connectivity index (χ0) is 17.9. The van der Waals surface area contributed by atoms with E-state index in [4.69, 9.17) is 13.9 Å². The van der Waals surface area contributed by atoms with Crippen molar-refractivity contribution in [2.24, 2.45) is 5.41 Å². The van der Waals surface area contributed by atoms with Gasteiger partial charge < -0.3 is 24.5 Å². The van der Waals surface area contributed by atoms with Crippen LogP contribution in [0.15, 0.2) is 41.0 Å². The molecule has 1 aromatic carbocycles. The zero-order valence-corrected chi connectivity index (χ0v) is 14.1. The molecule has 3 rings (SSSR count). The van der Waals surface area contributed by atoms with Gasteiger partial charge >= 0.3 is 0 Å². The van der Waals surface area contributed by atoms with E-state index < -0.39 is 5.41 Å². The van der Waals surface area contributed by atoms with Crippen molar-refractivity contribution in [3.05, 3.63) is 42.4 Å². The van der Waals surface area contributed by atoms with E-state index in [1.54, 1.807) is 37.4 Å². The zero-order valence-electron chi connectivity index (χ0n) is 14.1. The average Bonchev–Trinajstić information content (AvgIpc) is 3.29. The molecule has 7 heteroatoms. The third kappa shape index (κ3) is 3.45. The van der Waals surface area contributed by atoms with Crippen molar-refractivity contribution in [3.63, 3.8) is 0 Å². The van der Waals surface area contributed by atoms with E-state index in [9.17, 15) is 9.59 Å². The number of hydrogen-bond donors (Lipinski definition) is 2. The monoisotopic (exact) mass is 344 g/mol. The van der Waals surface area contributed by atoms with Gasteiger partial charge in [-0.2, -0.15) is 0 Å². The molecule has 1 aliphatic rings. The maximum atomic E-state index is 12.6. The van der Waals surface area contributed by atoms with Crippen LogP contribution < -0.4 is 20.1 Å². The summed E-state index contributed by atoms with van der Waals surface area (Å²) in [4.78, 5) is 25.1. The molecule has 0 spiro atoms. The van der Waals surface area contributed by atoms with Crippen LogP contribution in [-0.2, 0) is 16.1 Å². The Morgan fingerprint density at radius 1 is 1.16 bits per heavy atom. The van der Waals surface area contributed by atoms with Gasteiger partial charge in [0.15, 0.2) is 0 Å². The van der Waals surface area contributed by atoms with Crippen LogP contribution in [0.3, 0.4) is 0 Å². The highest BCUT2D eigenvalue weighted by Gasteiger charge is 2.56. The fourth-order valence-electron chi connectivity index (χ4n) is 2.58. The van der Waals surface area contributed by atoms with Crippen LogP contribution in [-0.4, -0.2) is 26.0 Å². The normalized spacial score (nSPS) is 14.5. The Balaban J connectivity index is 1.67. The summed E-state index contributed by atoms with van der Waals surface area (Å²) in [6.07, 6.45) is 2.57. The first-order chi connectivity index (χ1) is 12.1. The Labute approximate surface area is 145 Å². The molecular formula is C18H20N2O5. The second kappa shape index (κ2) is 6.88. The van der Waals surface area contributed by atoms with Gasteiger partial charge in [-0.3, -0.25) is 9.59 Å². The molecule has 132 valence electrons. The summed E-state index contributed by atoms with van der Waals surface area (Å²) in [5, 5.41) is 5.54. The Morgan fingerprint density at radius 3 is 2.56 bits per heavy atom. The van der Waals surface area contributed by atoms with Gasteiger partial charge in [0, 0.05) is 6.07 Å². The molecule has 1 aliphatic carbocycles. The number of hydrogen-bond acceptors (Lipinski definition) is 5. The van der Waals surface area contributed by atoms with E-state index in [-0.39, 0.29) is 18.4 Å². The summed E-state index contributed by atoms with van der Waals surface area (Å²) in [5.74, 6) is 1.09. The van der Waals surface area contributed by atoms with Crippen molar-refractivity contribution >= 4 is 17.5 Å². The maximum Gasteiger partial charge on any atom is 0.240 e. The van der Waals surface area contributed by atoms with Crippen LogP contribution >= 0.6 is 0 Å². The molecule has 2 aromatic rings. The second-order valence-electron chi connectivity index (χ2n) is 5.86. The van der Waals surface area contributed by atoms with E-state index in [0.717, 1.165) is 0 Å².